The standard InChI is InChI=1S/C16H14ClN3/c1-11-5-4-6-12(9-11)10-18-15-13-7-2-3-8-14(13)19-16(17)20-15/h2-9H,10H2,1H3,(H,18,19,20). The van der Waals surface area contributed by atoms with Crippen LogP contribution >= 0.6 is 11.6 Å². The number of hydrogen-bond acceptors (Lipinski definition) is 3. The van der Waals surface area contributed by atoms with Crippen molar-refractivity contribution in [3.63, 3.8) is 0 Å². The largest absolute Gasteiger partial charge is 0.365 e. The first-order chi connectivity index (χ1) is 9.72. The van der Waals surface area contributed by atoms with Crippen molar-refractivity contribution in [3.05, 3.63) is 64.9 Å². The number of halogens is 1. The Balaban J connectivity index is 1.91. The van der Waals surface area contributed by atoms with Gasteiger partial charge in [-0.05, 0) is 36.2 Å². The number of aryl methyl sites for hydroxylation is 1. The van der Waals surface area contributed by atoms with Crippen LogP contribution in [0.5, 0.6) is 0 Å². The predicted octanol–water partition coefficient (Wildman–Crippen LogP) is 4.20. The fraction of sp³-hybridized carbons (Fsp3) is 0.125. The van der Waals surface area contributed by atoms with Crippen LogP contribution in [0.15, 0.2) is 48.5 Å². The zero-order chi connectivity index (χ0) is 13.9. The summed E-state index contributed by atoms with van der Waals surface area (Å²) in [6, 6.07) is 16.2. The lowest BCUT2D eigenvalue weighted by Crippen LogP contribution is -2.03. The van der Waals surface area contributed by atoms with Crippen molar-refractivity contribution in [2.75, 3.05) is 5.32 Å². The van der Waals surface area contributed by atoms with Gasteiger partial charge in [-0.3, -0.25) is 0 Å². The number of anilines is 1. The first kappa shape index (κ1) is 12.9. The Kier molecular flexibility index (Phi) is 3.52. The number of benzene rings is 2. The van der Waals surface area contributed by atoms with Gasteiger partial charge in [-0.25, -0.2) is 9.97 Å². The summed E-state index contributed by atoms with van der Waals surface area (Å²) in [6.45, 7) is 2.79. The molecular weight excluding hydrogens is 270 g/mol. The number of fused-ring (bicyclic) bond motifs is 1. The van der Waals surface area contributed by atoms with E-state index in [4.69, 9.17) is 11.6 Å². The molecule has 1 N–H and O–H groups in total. The zero-order valence-corrected chi connectivity index (χ0v) is 11.9. The van der Waals surface area contributed by atoms with Gasteiger partial charge in [0.1, 0.15) is 5.82 Å². The normalized spacial score (nSPS) is 10.7. The third-order valence-corrected chi connectivity index (χ3v) is 3.29. The Bertz CT molecular complexity index is 756. The van der Waals surface area contributed by atoms with E-state index < -0.39 is 0 Å². The number of hydrogen-bond donors (Lipinski definition) is 1. The highest BCUT2D eigenvalue weighted by atomic mass is 35.5. The molecule has 3 aromatic rings. The van der Waals surface area contributed by atoms with Gasteiger partial charge >= 0.3 is 0 Å². The number of aromatic nitrogens is 2. The monoisotopic (exact) mass is 283 g/mol. The highest BCUT2D eigenvalue weighted by molar-refractivity contribution is 6.28. The third kappa shape index (κ3) is 2.73. The van der Waals surface area contributed by atoms with Gasteiger partial charge < -0.3 is 5.32 Å². The summed E-state index contributed by atoms with van der Waals surface area (Å²) in [5, 5.41) is 4.57. The molecule has 0 aliphatic rings. The van der Waals surface area contributed by atoms with Crippen LogP contribution < -0.4 is 5.32 Å². The summed E-state index contributed by atoms with van der Waals surface area (Å²) in [7, 11) is 0. The lowest BCUT2D eigenvalue weighted by molar-refractivity contribution is 1.10. The van der Waals surface area contributed by atoms with Crippen molar-refractivity contribution in [2.45, 2.75) is 13.5 Å². The molecule has 3 rings (SSSR count). The lowest BCUT2D eigenvalue weighted by Gasteiger charge is -2.09. The van der Waals surface area contributed by atoms with E-state index in [0.29, 0.717) is 6.54 Å². The van der Waals surface area contributed by atoms with E-state index >= 15 is 0 Å². The van der Waals surface area contributed by atoms with Crippen molar-refractivity contribution in [3.8, 4) is 0 Å². The van der Waals surface area contributed by atoms with E-state index in [9.17, 15) is 0 Å². The van der Waals surface area contributed by atoms with Crippen molar-refractivity contribution < 1.29 is 0 Å². The fourth-order valence-corrected chi connectivity index (χ4v) is 2.37. The minimum absolute atomic E-state index is 0.260. The van der Waals surface area contributed by atoms with Gasteiger partial charge in [0, 0.05) is 11.9 Å². The van der Waals surface area contributed by atoms with Crippen molar-refractivity contribution in [1.82, 2.24) is 9.97 Å². The highest BCUT2D eigenvalue weighted by Crippen LogP contribution is 2.22. The first-order valence-electron chi connectivity index (χ1n) is 6.44. The van der Waals surface area contributed by atoms with Crippen LogP contribution in [0.2, 0.25) is 5.28 Å². The smallest absolute Gasteiger partial charge is 0.224 e. The van der Waals surface area contributed by atoms with Gasteiger partial charge in [0.15, 0.2) is 0 Å². The molecule has 0 spiro atoms. The minimum Gasteiger partial charge on any atom is -0.365 e. The van der Waals surface area contributed by atoms with Gasteiger partial charge in [-0.1, -0.05) is 42.0 Å². The molecule has 0 bridgehead atoms. The van der Waals surface area contributed by atoms with E-state index in [1.54, 1.807) is 0 Å². The average molecular weight is 284 g/mol. The van der Waals surface area contributed by atoms with Crippen LogP contribution in [-0.4, -0.2) is 9.97 Å². The van der Waals surface area contributed by atoms with Gasteiger partial charge in [-0.2, -0.15) is 0 Å². The third-order valence-electron chi connectivity index (χ3n) is 3.12. The second kappa shape index (κ2) is 5.47. The molecule has 0 fully saturated rings. The molecule has 0 atom stereocenters. The molecule has 0 amide bonds. The zero-order valence-electron chi connectivity index (χ0n) is 11.1. The molecule has 0 aliphatic carbocycles. The van der Waals surface area contributed by atoms with E-state index in [1.807, 2.05) is 24.3 Å². The second-order valence-corrected chi connectivity index (χ2v) is 5.04. The first-order valence-corrected chi connectivity index (χ1v) is 6.82. The molecule has 0 saturated carbocycles. The summed E-state index contributed by atoms with van der Waals surface area (Å²) in [4.78, 5) is 8.50. The lowest BCUT2D eigenvalue weighted by atomic mass is 10.1. The van der Waals surface area contributed by atoms with Crippen LogP contribution in [0.4, 0.5) is 5.82 Å². The maximum Gasteiger partial charge on any atom is 0.224 e. The molecule has 0 saturated heterocycles. The van der Waals surface area contributed by atoms with Gasteiger partial charge in [0.25, 0.3) is 0 Å². The summed E-state index contributed by atoms with van der Waals surface area (Å²) in [5.74, 6) is 0.766. The van der Waals surface area contributed by atoms with Crippen LogP contribution in [0, 0.1) is 6.92 Å². The molecule has 4 heteroatoms. The van der Waals surface area contributed by atoms with Crippen LogP contribution in [-0.2, 0) is 6.54 Å². The SMILES string of the molecule is Cc1cccc(CNc2nc(Cl)nc3ccccc23)c1. The molecule has 2 aromatic carbocycles. The van der Waals surface area contributed by atoms with Crippen molar-refractivity contribution in [1.29, 1.82) is 0 Å². The second-order valence-electron chi connectivity index (χ2n) is 4.70. The number of rotatable bonds is 3. The summed E-state index contributed by atoms with van der Waals surface area (Å²) in [5.41, 5.74) is 3.30. The summed E-state index contributed by atoms with van der Waals surface area (Å²) >= 11 is 5.97. The maximum atomic E-state index is 5.97. The van der Waals surface area contributed by atoms with Crippen LogP contribution in [0.25, 0.3) is 10.9 Å². The Labute approximate surface area is 122 Å². The topological polar surface area (TPSA) is 37.8 Å². The quantitative estimate of drug-likeness (QED) is 0.732. The van der Waals surface area contributed by atoms with Crippen LogP contribution in [0.3, 0.4) is 0 Å². The van der Waals surface area contributed by atoms with Crippen molar-refractivity contribution >= 4 is 28.3 Å². The number of nitrogens with one attached hydrogen (secondary N) is 1. The molecule has 1 aromatic heterocycles. The Hall–Kier alpha value is -2.13. The Morgan fingerprint density at radius 3 is 2.75 bits per heavy atom. The van der Waals surface area contributed by atoms with E-state index in [0.717, 1.165) is 16.7 Å². The molecule has 100 valence electrons. The molecular formula is C16H14ClN3. The molecule has 3 nitrogen and oxygen atoms in total. The number of para-hydroxylation sites is 1. The Morgan fingerprint density at radius 1 is 1.05 bits per heavy atom. The minimum atomic E-state index is 0.260. The average Bonchev–Trinajstić information content (AvgIpc) is 2.44. The van der Waals surface area contributed by atoms with Gasteiger partial charge in [0.2, 0.25) is 5.28 Å². The van der Waals surface area contributed by atoms with Crippen molar-refractivity contribution in [2.24, 2.45) is 0 Å². The van der Waals surface area contributed by atoms with Gasteiger partial charge in [-0.15, -0.1) is 0 Å². The van der Waals surface area contributed by atoms with E-state index in [1.165, 1.54) is 11.1 Å². The van der Waals surface area contributed by atoms with Gasteiger partial charge in [0.05, 0.1) is 5.52 Å². The molecule has 0 unspecified atom stereocenters. The molecule has 20 heavy (non-hydrogen) atoms. The Morgan fingerprint density at radius 2 is 1.90 bits per heavy atom. The molecule has 1 heterocycles. The van der Waals surface area contributed by atoms with Crippen LogP contribution in [0.1, 0.15) is 11.1 Å². The molecule has 0 radical (unpaired) electrons. The molecule has 0 aliphatic heterocycles. The van der Waals surface area contributed by atoms with E-state index in [2.05, 4.69) is 46.5 Å². The van der Waals surface area contributed by atoms with E-state index in [-0.39, 0.29) is 5.28 Å². The maximum absolute atomic E-state index is 5.97. The fourth-order valence-electron chi connectivity index (χ4n) is 2.19. The predicted molar refractivity (Wildman–Crippen MR) is 83.1 cm³/mol. The highest BCUT2D eigenvalue weighted by Gasteiger charge is 2.05. The summed E-state index contributed by atoms with van der Waals surface area (Å²) in [6.07, 6.45) is 0. The summed E-state index contributed by atoms with van der Waals surface area (Å²) < 4.78 is 0. The number of nitrogens with zero attached hydrogens (tertiary/aromatic N) is 2.